The number of nitrogens with two attached hydrogens (primary N) is 1. The molecule has 0 radical (unpaired) electrons. The lowest BCUT2D eigenvalue weighted by Gasteiger charge is -2.15. The molecule has 0 aliphatic heterocycles. The van der Waals surface area contributed by atoms with E-state index in [4.69, 9.17) is 10.5 Å². The van der Waals surface area contributed by atoms with Crippen molar-refractivity contribution in [3.63, 3.8) is 0 Å². The molecular weight excluding hydrogens is 195 g/mol. The van der Waals surface area contributed by atoms with Gasteiger partial charge in [0.25, 0.3) is 0 Å². The molecule has 2 unspecified atom stereocenters. The van der Waals surface area contributed by atoms with Crippen molar-refractivity contribution in [2.45, 2.75) is 31.9 Å². The van der Waals surface area contributed by atoms with Crippen molar-refractivity contribution < 1.29 is 9.13 Å². The molecule has 1 heterocycles. The Morgan fingerprint density at radius 2 is 2.27 bits per heavy atom. The van der Waals surface area contributed by atoms with Crippen LogP contribution in [0.3, 0.4) is 0 Å². The second kappa shape index (κ2) is 5.78. The molecule has 0 aliphatic carbocycles. The van der Waals surface area contributed by atoms with Crippen molar-refractivity contribution in [2.75, 3.05) is 7.11 Å². The topological polar surface area (TPSA) is 48.1 Å². The Bertz CT molecular complexity index is 306. The van der Waals surface area contributed by atoms with Crippen molar-refractivity contribution in [1.29, 1.82) is 0 Å². The van der Waals surface area contributed by atoms with Crippen LogP contribution in [0.15, 0.2) is 18.5 Å². The van der Waals surface area contributed by atoms with E-state index < -0.39 is 0 Å². The van der Waals surface area contributed by atoms with E-state index in [2.05, 4.69) is 4.98 Å². The Balaban J connectivity index is 2.54. The molecule has 2 N–H and O–H groups in total. The average molecular weight is 212 g/mol. The maximum absolute atomic E-state index is 13.3. The van der Waals surface area contributed by atoms with Gasteiger partial charge in [-0.05, 0) is 25.8 Å². The summed E-state index contributed by atoms with van der Waals surface area (Å²) in [4.78, 5) is 3.68. The van der Waals surface area contributed by atoms with Crippen LogP contribution in [-0.2, 0) is 4.74 Å². The molecule has 3 nitrogen and oxygen atoms in total. The van der Waals surface area contributed by atoms with Crippen LogP contribution < -0.4 is 5.73 Å². The predicted molar refractivity (Wildman–Crippen MR) is 56.8 cm³/mol. The summed E-state index contributed by atoms with van der Waals surface area (Å²) in [5, 5.41) is 0. The van der Waals surface area contributed by atoms with E-state index in [1.165, 1.54) is 6.20 Å². The second-order valence-corrected chi connectivity index (χ2v) is 3.63. The molecule has 2 atom stereocenters. The standard InChI is InChI=1S/C11H17FN2O/c1-8(15-2)3-4-11(13)9-5-6-14-7-10(9)12/h5-8,11H,3-4,13H2,1-2H3. The lowest BCUT2D eigenvalue weighted by atomic mass is 10.0. The van der Waals surface area contributed by atoms with Gasteiger partial charge in [0.1, 0.15) is 5.82 Å². The maximum atomic E-state index is 13.3. The van der Waals surface area contributed by atoms with Gasteiger partial charge in [-0.1, -0.05) is 0 Å². The molecule has 0 bridgehead atoms. The summed E-state index contributed by atoms with van der Waals surface area (Å²) in [6.07, 6.45) is 4.42. The van der Waals surface area contributed by atoms with Crippen LogP contribution in [0.4, 0.5) is 4.39 Å². The first-order chi connectivity index (χ1) is 7.15. The van der Waals surface area contributed by atoms with Crippen LogP contribution in [0.25, 0.3) is 0 Å². The summed E-state index contributed by atoms with van der Waals surface area (Å²) in [5.41, 5.74) is 6.40. The van der Waals surface area contributed by atoms with Gasteiger partial charge in [0.15, 0.2) is 0 Å². The summed E-state index contributed by atoms with van der Waals surface area (Å²) < 4.78 is 18.4. The summed E-state index contributed by atoms with van der Waals surface area (Å²) in [6.45, 7) is 1.97. The molecule has 1 aromatic rings. The fourth-order valence-corrected chi connectivity index (χ4v) is 1.37. The highest BCUT2D eigenvalue weighted by molar-refractivity contribution is 5.16. The predicted octanol–water partition coefficient (Wildman–Crippen LogP) is 2.04. The first kappa shape index (κ1) is 12.1. The third-order valence-corrected chi connectivity index (χ3v) is 2.49. The second-order valence-electron chi connectivity index (χ2n) is 3.63. The van der Waals surface area contributed by atoms with E-state index in [-0.39, 0.29) is 18.0 Å². The molecule has 4 heteroatoms. The minimum absolute atomic E-state index is 0.154. The molecule has 0 aromatic carbocycles. The summed E-state index contributed by atoms with van der Waals surface area (Å²) >= 11 is 0. The number of methoxy groups -OCH3 is 1. The number of nitrogens with zero attached hydrogens (tertiary/aromatic N) is 1. The van der Waals surface area contributed by atoms with Gasteiger partial charge in [-0.3, -0.25) is 4.98 Å². The Morgan fingerprint density at radius 1 is 1.53 bits per heavy atom. The van der Waals surface area contributed by atoms with E-state index in [1.54, 1.807) is 19.4 Å². The zero-order valence-electron chi connectivity index (χ0n) is 9.11. The molecule has 0 saturated carbocycles. The van der Waals surface area contributed by atoms with Gasteiger partial charge in [0.05, 0.1) is 12.3 Å². The highest BCUT2D eigenvalue weighted by atomic mass is 19.1. The van der Waals surface area contributed by atoms with Crippen molar-refractivity contribution in [2.24, 2.45) is 5.73 Å². The van der Waals surface area contributed by atoms with Crippen LogP contribution in [0.1, 0.15) is 31.4 Å². The molecule has 0 amide bonds. The Labute approximate surface area is 89.5 Å². The quantitative estimate of drug-likeness (QED) is 0.812. The Kier molecular flexibility index (Phi) is 4.65. The molecule has 0 saturated heterocycles. The zero-order valence-corrected chi connectivity index (χ0v) is 9.11. The van der Waals surface area contributed by atoms with Gasteiger partial charge in [0.2, 0.25) is 0 Å². The van der Waals surface area contributed by atoms with Crippen LogP contribution in [-0.4, -0.2) is 18.2 Å². The summed E-state index contributed by atoms with van der Waals surface area (Å²) in [7, 11) is 1.66. The molecule has 15 heavy (non-hydrogen) atoms. The summed E-state index contributed by atoms with van der Waals surface area (Å²) in [5.74, 6) is -0.338. The van der Waals surface area contributed by atoms with Gasteiger partial charge in [-0.2, -0.15) is 0 Å². The van der Waals surface area contributed by atoms with E-state index in [9.17, 15) is 4.39 Å². The third-order valence-electron chi connectivity index (χ3n) is 2.49. The largest absolute Gasteiger partial charge is 0.382 e. The number of pyridine rings is 1. The molecule has 1 aromatic heterocycles. The van der Waals surface area contributed by atoms with E-state index >= 15 is 0 Å². The minimum Gasteiger partial charge on any atom is -0.382 e. The maximum Gasteiger partial charge on any atom is 0.146 e. The van der Waals surface area contributed by atoms with Crippen molar-refractivity contribution in [3.8, 4) is 0 Å². The number of aromatic nitrogens is 1. The fraction of sp³-hybridized carbons (Fsp3) is 0.545. The monoisotopic (exact) mass is 212 g/mol. The smallest absolute Gasteiger partial charge is 0.146 e. The molecule has 0 fully saturated rings. The third kappa shape index (κ3) is 3.57. The van der Waals surface area contributed by atoms with E-state index in [0.717, 1.165) is 6.42 Å². The van der Waals surface area contributed by atoms with Crippen LogP contribution in [0.2, 0.25) is 0 Å². The SMILES string of the molecule is COC(C)CCC(N)c1ccncc1F. The average Bonchev–Trinajstić information content (AvgIpc) is 2.26. The minimum atomic E-state index is -0.338. The molecule has 1 rings (SSSR count). The van der Waals surface area contributed by atoms with Gasteiger partial charge in [0, 0.05) is 24.9 Å². The van der Waals surface area contributed by atoms with Crippen LogP contribution in [0.5, 0.6) is 0 Å². The Morgan fingerprint density at radius 3 is 2.87 bits per heavy atom. The fourth-order valence-electron chi connectivity index (χ4n) is 1.37. The molecule has 84 valence electrons. The Hall–Kier alpha value is -1.00. The van der Waals surface area contributed by atoms with Gasteiger partial charge < -0.3 is 10.5 Å². The van der Waals surface area contributed by atoms with E-state index in [0.29, 0.717) is 12.0 Å². The van der Waals surface area contributed by atoms with Crippen molar-refractivity contribution in [1.82, 2.24) is 4.98 Å². The number of hydrogen-bond acceptors (Lipinski definition) is 3. The number of hydrogen-bond donors (Lipinski definition) is 1. The van der Waals surface area contributed by atoms with E-state index in [1.807, 2.05) is 6.92 Å². The summed E-state index contributed by atoms with van der Waals surface area (Å²) in [6, 6.07) is 1.34. The molecule has 0 spiro atoms. The first-order valence-electron chi connectivity index (χ1n) is 5.03. The van der Waals surface area contributed by atoms with Crippen molar-refractivity contribution in [3.05, 3.63) is 29.8 Å². The van der Waals surface area contributed by atoms with Gasteiger partial charge >= 0.3 is 0 Å². The number of halogens is 1. The normalized spacial score (nSPS) is 14.9. The van der Waals surface area contributed by atoms with Gasteiger partial charge in [-0.25, -0.2) is 4.39 Å². The van der Waals surface area contributed by atoms with Crippen LogP contribution >= 0.6 is 0 Å². The highest BCUT2D eigenvalue weighted by Crippen LogP contribution is 2.19. The van der Waals surface area contributed by atoms with Gasteiger partial charge in [-0.15, -0.1) is 0 Å². The lowest BCUT2D eigenvalue weighted by molar-refractivity contribution is 0.107. The highest BCUT2D eigenvalue weighted by Gasteiger charge is 2.12. The molecular formula is C11H17FN2O. The number of rotatable bonds is 5. The lowest BCUT2D eigenvalue weighted by Crippen LogP contribution is -2.15. The zero-order chi connectivity index (χ0) is 11.3. The molecule has 0 aliphatic rings. The number of ether oxygens (including phenoxy) is 1. The first-order valence-corrected chi connectivity index (χ1v) is 5.03. The van der Waals surface area contributed by atoms with Crippen LogP contribution in [0, 0.1) is 5.82 Å². The van der Waals surface area contributed by atoms with Crippen molar-refractivity contribution >= 4 is 0 Å².